The molecule has 0 saturated heterocycles. The maximum absolute atomic E-state index is 13.4. The number of benzene rings is 2. The molecular formula is C24H24N2OS. The third-order valence-electron chi connectivity index (χ3n) is 4.89. The van der Waals surface area contributed by atoms with Gasteiger partial charge < -0.3 is 10.4 Å². The van der Waals surface area contributed by atoms with Gasteiger partial charge in [0.2, 0.25) is 5.70 Å². The number of rotatable bonds is 4. The summed E-state index contributed by atoms with van der Waals surface area (Å²) in [6, 6.07) is 17.5. The SMILES string of the molecule is Cc1ccc(C([O-])=C(C(=S)Nc2c(C)cccc2C)[n+]2ccccc2)cc1C. The lowest BCUT2D eigenvalue weighted by molar-refractivity contribution is -0.577. The highest BCUT2D eigenvalue weighted by atomic mass is 32.1. The van der Waals surface area contributed by atoms with Crippen LogP contribution in [0.15, 0.2) is 67.0 Å². The van der Waals surface area contributed by atoms with Gasteiger partial charge in [-0.1, -0.05) is 54.7 Å². The Bertz CT molecular complexity index is 1040. The van der Waals surface area contributed by atoms with Crippen molar-refractivity contribution in [3.63, 3.8) is 0 Å². The highest BCUT2D eigenvalue weighted by molar-refractivity contribution is 7.81. The predicted octanol–water partition coefficient (Wildman–Crippen LogP) is 4.33. The van der Waals surface area contributed by atoms with Crippen LogP contribution in [0.1, 0.15) is 27.8 Å². The fourth-order valence-electron chi connectivity index (χ4n) is 3.09. The molecule has 0 amide bonds. The van der Waals surface area contributed by atoms with Gasteiger partial charge in [0.15, 0.2) is 17.4 Å². The van der Waals surface area contributed by atoms with Crippen molar-refractivity contribution in [2.75, 3.05) is 5.32 Å². The lowest BCUT2D eigenvalue weighted by Crippen LogP contribution is -2.40. The Morgan fingerprint density at radius 3 is 2.07 bits per heavy atom. The fraction of sp³-hybridized carbons (Fsp3) is 0.167. The normalized spacial score (nSPS) is 11.7. The van der Waals surface area contributed by atoms with E-state index in [2.05, 4.69) is 5.32 Å². The van der Waals surface area contributed by atoms with E-state index in [9.17, 15) is 5.11 Å². The van der Waals surface area contributed by atoms with Crippen molar-refractivity contribution in [3.8, 4) is 0 Å². The number of para-hydroxylation sites is 1. The van der Waals surface area contributed by atoms with Crippen LogP contribution in [0.25, 0.3) is 11.5 Å². The first-order chi connectivity index (χ1) is 13.4. The molecule has 2 aromatic carbocycles. The molecule has 4 heteroatoms. The van der Waals surface area contributed by atoms with E-state index < -0.39 is 0 Å². The first-order valence-electron chi connectivity index (χ1n) is 9.21. The lowest BCUT2D eigenvalue weighted by atomic mass is 10.0. The van der Waals surface area contributed by atoms with E-state index in [-0.39, 0.29) is 5.76 Å². The van der Waals surface area contributed by atoms with Crippen molar-refractivity contribution in [3.05, 3.63) is 94.8 Å². The minimum absolute atomic E-state index is 0.108. The average molecular weight is 389 g/mol. The van der Waals surface area contributed by atoms with Crippen molar-refractivity contribution >= 4 is 34.3 Å². The van der Waals surface area contributed by atoms with E-state index >= 15 is 0 Å². The molecule has 3 nitrogen and oxygen atoms in total. The Kier molecular flexibility index (Phi) is 5.90. The van der Waals surface area contributed by atoms with Crippen LogP contribution in [0.4, 0.5) is 5.69 Å². The number of nitrogens with zero attached hydrogens (tertiary/aromatic N) is 1. The van der Waals surface area contributed by atoms with E-state index in [0.717, 1.165) is 27.9 Å². The van der Waals surface area contributed by atoms with E-state index in [4.69, 9.17) is 12.2 Å². The molecule has 3 rings (SSSR count). The quantitative estimate of drug-likeness (QED) is 0.313. The molecule has 0 saturated carbocycles. The summed E-state index contributed by atoms with van der Waals surface area (Å²) in [5, 5.41) is 16.7. The standard InChI is InChI=1S/C24H24N2OS/c1-16-11-12-20(15-19(16)4)23(27)22(26-13-6-5-7-14-26)24(28)25-21-17(2)9-8-10-18(21)3/h5-15H,1-4H3,(H-,25,27,28). The van der Waals surface area contributed by atoms with Gasteiger partial charge in [0.05, 0.1) is 0 Å². The molecule has 0 aliphatic rings. The van der Waals surface area contributed by atoms with E-state index in [0.29, 0.717) is 16.2 Å². The molecule has 0 unspecified atom stereocenters. The van der Waals surface area contributed by atoms with Crippen molar-refractivity contribution in [2.24, 2.45) is 0 Å². The molecule has 1 aromatic heterocycles. The number of nitrogens with one attached hydrogen (secondary N) is 1. The van der Waals surface area contributed by atoms with Gasteiger partial charge in [-0.2, -0.15) is 4.57 Å². The first kappa shape index (κ1) is 19.8. The van der Waals surface area contributed by atoms with Crippen LogP contribution in [-0.2, 0) is 0 Å². The molecule has 0 atom stereocenters. The molecule has 0 spiro atoms. The number of anilines is 1. The maximum atomic E-state index is 13.4. The summed E-state index contributed by atoms with van der Waals surface area (Å²) in [5.41, 5.74) is 6.39. The van der Waals surface area contributed by atoms with Gasteiger partial charge in [-0.3, -0.25) is 0 Å². The fourth-order valence-corrected chi connectivity index (χ4v) is 3.39. The van der Waals surface area contributed by atoms with Gasteiger partial charge >= 0.3 is 0 Å². The molecule has 0 aliphatic carbocycles. The summed E-state index contributed by atoms with van der Waals surface area (Å²) >= 11 is 5.70. The summed E-state index contributed by atoms with van der Waals surface area (Å²) < 4.78 is 1.78. The summed E-state index contributed by atoms with van der Waals surface area (Å²) in [5.74, 6) is -0.108. The summed E-state index contributed by atoms with van der Waals surface area (Å²) in [7, 11) is 0. The van der Waals surface area contributed by atoms with Crippen molar-refractivity contribution in [1.29, 1.82) is 0 Å². The Hall–Kier alpha value is -2.98. The number of thiocarbonyl (C=S) groups is 1. The van der Waals surface area contributed by atoms with Crippen molar-refractivity contribution in [1.82, 2.24) is 0 Å². The van der Waals surface area contributed by atoms with Gasteiger partial charge in [-0.25, -0.2) is 0 Å². The highest BCUT2D eigenvalue weighted by Gasteiger charge is 2.19. The minimum atomic E-state index is -0.108. The van der Waals surface area contributed by atoms with Gasteiger partial charge in [0.25, 0.3) is 0 Å². The second kappa shape index (κ2) is 8.36. The van der Waals surface area contributed by atoms with Crippen LogP contribution in [-0.4, -0.2) is 4.99 Å². The zero-order valence-electron chi connectivity index (χ0n) is 16.6. The molecule has 0 bridgehead atoms. The van der Waals surface area contributed by atoms with E-state index in [1.165, 1.54) is 0 Å². The topological polar surface area (TPSA) is 39.0 Å². The minimum Gasteiger partial charge on any atom is -0.867 e. The Morgan fingerprint density at radius 1 is 0.821 bits per heavy atom. The smallest absolute Gasteiger partial charge is 0.238 e. The number of hydrogen-bond donors (Lipinski definition) is 1. The zero-order valence-corrected chi connectivity index (χ0v) is 17.4. The molecular weight excluding hydrogens is 364 g/mol. The molecule has 142 valence electrons. The monoisotopic (exact) mass is 388 g/mol. The number of pyridine rings is 1. The third-order valence-corrected chi connectivity index (χ3v) is 5.19. The molecule has 1 N–H and O–H groups in total. The van der Waals surface area contributed by atoms with Crippen molar-refractivity contribution < 1.29 is 9.67 Å². The average Bonchev–Trinajstić information content (AvgIpc) is 2.68. The summed E-state index contributed by atoms with van der Waals surface area (Å²) in [4.78, 5) is 0.400. The third kappa shape index (κ3) is 4.12. The van der Waals surface area contributed by atoms with Gasteiger partial charge in [-0.15, -0.1) is 0 Å². The highest BCUT2D eigenvalue weighted by Crippen LogP contribution is 2.23. The number of aryl methyl sites for hydroxylation is 4. The van der Waals surface area contributed by atoms with Crippen LogP contribution >= 0.6 is 12.2 Å². The number of aromatic nitrogens is 1. The van der Waals surface area contributed by atoms with Gasteiger partial charge in [0, 0.05) is 17.8 Å². The maximum Gasteiger partial charge on any atom is 0.238 e. The molecule has 0 fully saturated rings. The second-order valence-corrected chi connectivity index (χ2v) is 7.39. The Balaban J connectivity index is 2.12. The summed E-state index contributed by atoms with van der Waals surface area (Å²) in [6.45, 7) is 8.10. The molecule has 28 heavy (non-hydrogen) atoms. The lowest BCUT2D eigenvalue weighted by Gasteiger charge is -2.19. The van der Waals surface area contributed by atoms with E-state index in [1.807, 2.05) is 94.7 Å². The predicted molar refractivity (Wildman–Crippen MR) is 118 cm³/mol. The summed E-state index contributed by atoms with van der Waals surface area (Å²) in [6.07, 6.45) is 3.68. The van der Waals surface area contributed by atoms with Crippen LogP contribution < -0.4 is 15.0 Å². The first-order valence-corrected chi connectivity index (χ1v) is 9.62. The Morgan fingerprint density at radius 2 is 1.46 bits per heavy atom. The van der Waals surface area contributed by atoms with Crippen LogP contribution in [0, 0.1) is 27.7 Å². The van der Waals surface area contributed by atoms with E-state index in [1.54, 1.807) is 4.57 Å². The number of hydrogen-bond acceptors (Lipinski definition) is 2. The Labute approximate surface area is 172 Å². The van der Waals surface area contributed by atoms with Crippen LogP contribution in [0.2, 0.25) is 0 Å². The van der Waals surface area contributed by atoms with Crippen molar-refractivity contribution in [2.45, 2.75) is 27.7 Å². The van der Waals surface area contributed by atoms with Gasteiger partial charge in [0.1, 0.15) is 0 Å². The molecule has 0 aliphatic heterocycles. The van der Waals surface area contributed by atoms with Crippen LogP contribution in [0.5, 0.6) is 0 Å². The second-order valence-electron chi connectivity index (χ2n) is 6.98. The molecule has 0 radical (unpaired) electrons. The van der Waals surface area contributed by atoms with Gasteiger partial charge in [-0.05, 0) is 61.3 Å². The van der Waals surface area contributed by atoms with Crippen LogP contribution in [0.3, 0.4) is 0 Å². The largest absolute Gasteiger partial charge is 0.867 e. The zero-order chi connectivity index (χ0) is 20.3. The molecule has 1 heterocycles. The molecule has 3 aromatic rings.